The first kappa shape index (κ1) is 11.3. The van der Waals surface area contributed by atoms with Gasteiger partial charge < -0.3 is 14.6 Å². The first-order valence-electron chi connectivity index (χ1n) is 5.78. The Morgan fingerprint density at radius 1 is 1.06 bits per heavy atom. The van der Waals surface area contributed by atoms with Gasteiger partial charge in [0.15, 0.2) is 0 Å². The summed E-state index contributed by atoms with van der Waals surface area (Å²) in [5.41, 5.74) is 0. The number of rotatable bonds is 3. The Hall–Kier alpha value is -1.22. The number of aliphatic hydroxyl groups excluding tert-OH is 1. The molecule has 0 aromatic heterocycles. The van der Waals surface area contributed by atoms with Crippen molar-refractivity contribution in [1.82, 2.24) is 0 Å². The molecular weight excluding hydrogens is 204 g/mol. The van der Waals surface area contributed by atoms with E-state index in [1.54, 1.807) is 7.11 Å². The topological polar surface area (TPSA) is 38.7 Å². The van der Waals surface area contributed by atoms with Crippen molar-refractivity contribution in [3.8, 4) is 11.5 Å². The summed E-state index contributed by atoms with van der Waals surface area (Å²) in [5.74, 6) is 1.61. The molecule has 3 heteroatoms. The minimum absolute atomic E-state index is 0.0536. The average molecular weight is 222 g/mol. The van der Waals surface area contributed by atoms with Crippen LogP contribution in [-0.2, 0) is 0 Å². The maximum absolute atomic E-state index is 9.78. The Bertz CT molecular complexity index is 320. The van der Waals surface area contributed by atoms with Crippen LogP contribution >= 0.6 is 0 Å². The van der Waals surface area contributed by atoms with Crippen LogP contribution in [0.4, 0.5) is 0 Å². The number of hydrogen-bond acceptors (Lipinski definition) is 3. The molecule has 1 aliphatic rings. The molecule has 0 saturated heterocycles. The van der Waals surface area contributed by atoms with E-state index in [4.69, 9.17) is 9.47 Å². The van der Waals surface area contributed by atoms with Gasteiger partial charge in [-0.05, 0) is 43.5 Å². The standard InChI is InChI=1S/C13H18O3/c1-15-10-6-8-11(9-7-10)16-13-5-3-2-4-12(13)14/h6-9,12-14H,2-5H2,1H3. The van der Waals surface area contributed by atoms with Crippen LogP contribution in [0.5, 0.6) is 11.5 Å². The second-order valence-electron chi connectivity index (χ2n) is 4.18. The highest BCUT2D eigenvalue weighted by atomic mass is 16.5. The molecule has 2 rings (SSSR count). The van der Waals surface area contributed by atoms with Gasteiger partial charge in [0.05, 0.1) is 13.2 Å². The van der Waals surface area contributed by atoms with E-state index in [0.717, 1.165) is 37.2 Å². The molecule has 0 spiro atoms. The maximum atomic E-state index is 9.78. The fourth-order valence-corrected chi connectivity index (χ4v) is 2.04. The number of methoxy groups -OCH3 is 1. The average Bonchev–Trinajstić information content (AvgIpc) is 2.33. The molecule has 16 heavy (non-hydrogen) atoms. The summed E-state index contributed by atoms with van der Waals surface area (Å²) in [7, 11) is 1.64. The minimum Gasteiger partial charge on any atom is -0.497 e. The lowest BCUT2D eigenvalue weighted by Gasteiger charge is -2.28. The quantitative estimate of drug-likeness (QED) is 0.853. The van der Waals surface area contributed by atoms with E-state index in [1.807, 2.05) is 24.3 Å². The lowest BCUT2D eigenvalue weighted by Crippen LogP contribution is -2.34. The molecule has 1 saturated carbocycles. The van der Waals surface area contributed by atoms with Crippen LogP contribution in [0.1, 0.15) is 25.7 Å². The smallest absolute Gasteiger partial charge is 0.124 e. The molecule has 1 N–H and O–H groups in total. The van der Waals surface area contributed by atoms with Gasteiger partial charge in [-0.3, -0.25) is 0 Å². The van der Waals surface area contributed by atoms with Gasteiger partial charge in [0.1, 0.15) is 17.6 Å². The van der Waals surface area contributed by atoms with Crippen LogP contribution in [-0.4, -0.2) is 24.4 Å². The van der Waals surface area contributed by atoms with Crippen LogP contribution < -0.4 is 9.47 Å². The largest absolute Gasteiger partial charge is 0.497 e. The van der Waals surface area contributed by atoms with Gasteiger partial charge in [0.25, 0.3) is 0 Å². The van der Waals surface area contributed by atoms with Crippen LogP contribution in [0.25, 0.3) is 0 Å². The van der Waals surface area contributed by atoms with Crippen molar-refractivity contribution in [2.45, 2.75) is 37.9 Å². The monoisotopic (exact) mass is 222 g/mol. The van der Waals surface area contributed by atoms with Crippen molar-refractivity contribution in [2.24, 2.45) is 0 Å². The molecule has 0 bridgehead atoms. The van der Waals surface area contributed by atoms with E-state index in [0.29, 0.717) is 0 Å². The zero-order valence-electron chi connectivity index (χ0n) is 9.56. The van der Waals surface area contributed by atoms with Gasteiger partial charge in [-0.25, -0.2) is 0 Å². The Balaban J connectivity index is 1.96. The summed E-state index contributed by atoms with van der Waals surface area (Å²) >= 11 is 0. The summed E-state index contributed by atoms with van der Waals surface area (Å²) in [5, 5.41) is 9.78. The van der Waals surface area contributed by atoms with E-state index in [-0.39, 0.29) is 12.2 Å². The lowest BCUT2D eigenvalue weighted by atomic mass is 9.95. The summed E-state index contributed by atoms with van der Waals surface area (Å²) in [6.45, 7) is 0. The molecule has 1 aromatic carbocycles. The van der Waals surface area contributed by atoms with Gasteiger partial charge in [-0.1, -0.05) is 6.42 Å². The van der Waals surface area contributed by atoms with Crippen molar-refractivity contribution >= 4 is 0 Å². The third-order valence-corrected chi connectivity index (χ3v) is 3.01. The molecule has 0 heterocycles. The molecule has 1 aliphatic carbocycles. The first-order chi connectivity index (χ1) is 7.79. The van der Waals surface area contributed by atoms with Crippen molar-refractivity contribution in [3.05, 3.63) is 24.3 Å². The molecule has 0 radical (unpaired) electrons. The SMILES string of the molecule is COc1ccc(OC2CCCCC2O)cc1. The van der Waals surface area contributed by atoms with Crippen LogP contribution in [0.2, 0.25) is 0 Å². The second-order valence-corrected chi connectivity index (χ2v) is 4.18. The molecule has 2 atom stereocenters. The highest BCUT2D eigenvalue weighted by Crippen LogP contribution is 2.25. The molecule has 1 aromatic rings. The van der Waals surface area contributed by atoms with Gasteiger partial charge in [-0.2, -0.15) is 0 Å². The molecule has 3 nitrogen and oxygen atoms in total. The Morgan fingerprint density at radius 2 is 1.69 bits per heavy atom. The zero-order valence-corrected chi connectivity index (χ0v) is 9.56. The van der Waals surface area contributed by atoms with Crippen molar-refractivity contribution in [1.29, 1.82) is 0 Å². The van der Waals surface area contributed by atoms with Crippen LogP contribution in [0.3, 0.4) is 0 Å². The maximum Gasteiger partial charge on any atom is 0.124 e. The van der Waals surface area contributed by atoms with E-state index in [2.05, 4.69) is 0 Å². The summed E-state index contributed by atoms with van der Waals surface area (Å²) in [4.78, 5) is 0. The van der Waals surface area contributed by atoms with E-state index in [9.17, 15) is 5.11 Å². The Labute approximate surface area is 96.0 Å². The van der Waals surface area contributed by atoms with E-state index >= 15 is 0 Å². The van der Waals surface area contributed by atoms with Gasteiger partial charge in [0.2, 0.25) is 0 Å². The van der Waals surface area contributed by atoms with Gasteiger partial charge in [0, 0.05) is 0 Å². The molecule has 2 unspecified atom stereocenters. The van der Waals surface area contributed by atoms with Crippen molar-refractivity contribution < 1.29 is 14.6 Å². The Kier molecular flexibility index (Phi) is 3.67. The van der Waals surface area contributed by atoms with E-state index in [1.165, 1.54) is 0 Å². The molecule has 0 aliphatic heterocycles. The predicted molar refractivity (Wildman–Crippen MR) is 61.9 cm³/mol. The molecular formula is C13H18O3. The van der Waals surface area contributed by atoms with Gasteiger partial charge >= 0.3 is 0 Å². The number of benzene rings is 1. The number of aliphatic hydroxyl groups is 1. The highest BCUT2D eigenvalue weighted by molar-refractivity contribution is 5.31. The third kappa shape index (κ3) is 2.67. The number of ether oxygens (including phenoxy) is 2. The lowest BCUT2D eigenvalue weighted by molar-refractivity contribution is 0.00685. The van der Waals surface area contributed by atoms with Crippen molar-refractivity contribution in [2.75, 3.05) is 7.11 Å². The normalized spacial score (nSPS) is 25.1. The van der Waals surface area contributed by atoms with Crippen LogP contribution in [0.15, 0.2) is 24.3 Å². The first-order valence-corrected chi connectivity index (χ1v) is 5.78. The molecule has 88 valence electrons. The third-order valence-electron chi connectivity index (χ3n) is 3.01. The minimum atomic E-state index is -0.323. The fourth-order valence-electron chi connectivity index (χ4n) is 2.04. The number of hydrogen-bond donors (Lipinski definition) is 1. The summed E-state index contributed by atoms with van der Waals surface area (Å²) < 4.78 is 10.8. The van der Waals surface area contributed by atoms with Crippen LogP contribution in [0, 0.1) is 0 Å². The fraction of sp³-hybridized carbons (Fsp3) is 0.538. The van der Waals surface area contributed by atoms with E-state index < -0.39 is 0 Å². The molecule has 1 fully saturated rings. The highest BCUT2D eigenvalue weighted by Gasteiger charge is 2.24. The molecule has 0 amide bonds. The van der Waals surface area contributed by atoms with Crippen molar-refractivity contribution in [3.63, 3.8) is 0 Å². The zero-order chi connectivity index (χ0) is 11.4. The summed E-state index contributed by atoms with van der Waals surface area (Å²) in [6, 6.07) is 7.48. The predicted octanol–water partition coefficient (Wildman–Crippen LogP) is 2.38. The van der Waals surface area contributed by atoms with Gasteiger partial charge in [-0.15, -0.1) is 0 Å². The summed E-state index contributed by atoms with van der Waals surface area (Å²) in [6.07, 6.45) is 3.65. The Morgan fingerprint density at radius 3 is 2.31 bits per heavy atom. The second kappa shape index (κ2) is 5.21.